The lowest BCUT2D eigenvalue weighted by molar-refractivity contribution is -0.144. The number of benzene rings is 1. The van der Waals surface area contributed by atoms with Gasteiger partial charge in [0.25, 0.3) is 0 Å². The van der Waals surface area contributed by atoms with Gasteiger partial charge in [-0.05, 0) is 70.3 Å². The van der Waals surface area contributed by atoms with Crippen LogP contribution >= 0.6 is 0 Å². The van der Waals surface area contributed by atoms with Crippen molar-refractivity contribution in [2.75, 3.05) is 5.73 Å². The second-order valence-electron chi connectivity index (χ2n) is 9.47. The Hall–Kier alpha value is -2.96. The van der Waals surface area contributed by atoms with E-state index in [-0.39, 0.29) is 5.92 Å². The number of aliphatic carboxylic acids is 1. The average molecular weight is 437 g/mol. The number of nitrogen functional groups attached to an aromatic ring is 1. The van der Waals surface area contributed by atoms with Gasteiger partial charge in [0, 0.05) is 5.56 Å². The van der Waals surface area contributed by atoms with Crippen LogP contribution < -0.4 is 10.5 Å². The number of carboxylic acid groups (broad SMARTS) is 1. The van der Waals surface area contributed by atoms with Crippen molar-refractivity contribution in [1.82, 2.24) is 9.97 Å². The van der Waals surface area contributed by atoms with E-state index in [4.69, 9.17) is 15.5 Å². The van der Waals surface area contributed by atoms with Crippen LogP contribution in [0, 0.1) is 18.8 Å². The highest BCUT2D eigenvalue weighted by atomic mass is 16.5. The Morgan fingerprint density at radius 2 is 1.84 bits per heavy atom. The van der Waals surface area contributed by atoms with Crippen LogP contribution in [-0.2, 0) is 4.79 Å². The second-order valence-corrected chi connectivity index (χ2v) is 9.47. The number of hydrogen-bond donors (Lipinski definition) is 2. The fraction of sp³-hybridized carbons (Fsp3) is 0.520. The molecule has 0 bridgehead atoms. The number of carboxylic acids is 1. The summed E-state index contributed by atoms with van der Waals surface area (Å²) in [5.41, 5.74) is 8.99. The normalized spacial score (nSPS) is 22.9. The fourth-order valence-electron chi connectivity index (χ4n) is 5.16. The lowest BCUT2D eigenvalue weighted by Gasteiger charge is -2.33. The molecule has 7 nitrogen and oxygen atoms in total. The SMILES string of the molecule is CCC(C(=O)O)C1CCC(c2ccc(C3=Nc4c(N)nc(C)nc4OC3(C)C)cc2)CC1. The summed E-state index contributed by atoms with van der Waals surface area (Å²) < 4.78 is 6.15. The molecule has 1 aromatic carbocycles. The number of hydrogen-bond acceptors (Lipinski definition) is 6. The number of fused-ring (bicyclic) bond motifs is 1. The molecule has 1 fully saturated rings. The van der Waals surface area contributed by atoms with Gasteiger partial charge >= 0.3 is 5.97 Å². The highest BCUT2D eigenvalue weighted by Gasteiger charge is 2.36. The predicted molar refractivity (Wildman–Crippen MR) is 125 cm³/mol. The van der Waals surface area contributed by atoms with Crippen molar-refractivity contribution in [3.05, 3.63) is 41.2 Å². The summed E-state index contributed by atoms with van der Waals surface area (Å²) in [5, 5.41) is 9.46. The number of rotatable bonds is 5. The largest absolute Gasteiger partial charge is 0.481 e. The molecule has 0 spiro atoms. The summed E-state index contributed by atoms with van der Waals surface area (Å²) >= 11 is 0. The molecule has 4 rings (SSSR count). The van der Waals surface area contributed by atoms with E-state index >= 15 is 0 Å². The van der Waals surface area contributed by atoms with E-state index in [0.29, 0.717) is 41.5 Å². The number of nitrogens with two attached hydrogens (primary N) is 1. The molecule has 1 atom stereocenters. The molecule has 32 heavy (non-hydrogen) atoms. The zero-order valence-electron chi connectivity index (χ0n) is 19.3. The Balaban J connectivity index is 1.53. The first-order chi connectivity index (χ1) is 15.2. The predicted octanol–water partition coefficient (Wildman–Crippen LogP) is 5.04. The van der Waals surface area contributed by atoms with Crippen LogP contribution in [0.2, 0.25) is 0 Å². The van der Waals surface area contributed by atoms with Gasteiger partial charge in [-0.3, -0.25) is 4.79 Å². The molecule has 0 radical (unpaired) electrons. The standard InChI is InChI=1S/C25H32N4O3/c1-5-19(24(30)31)17-10-6-15(7-11-17)16-8-12-18(13-9-16)21-25(3,4)32-23-20(29-21)22(26)27-14(2)28-23/h8-9,12-13,15,17,19H,5-7,10-11H2,1-4H3,(H,30,31)(H2,26,27,28). The van der Waals surface area contributed by atoms with Crippen molar-refractivity contribution >= 4 is 23.2 Å². The third-order valence-electron chi connectivity index (χ3n) is 6.89. The molecule has 1 saturated carbocycles. The van der Waals surface area contributed by atoms with Crippen molar-refractivity contribution < 1.29 is 14.6 Å². The number of anilines is 1. The summed E-state index contributed by atoms with van der Waals surface area (Å²) in [6.07, 6.45) is 4.71. The average Bonchev–Trinajstić information content (AvgIpc) is 2.73. The maximum Gasteiger partial charge on any atom is 0.306 e. The van der Waals surface area contributed by atoms with E-state index in [0.717, 1.165) is 37.0 Å². The van der Waals surface area contributed by atoms with Crippen LogP contribution in [-0.4, -0.2) is 32.4 Å². The Kier molecular flexibility index (Phi) is 5.93. The van der Waals surface area contributed by atoms with Crippen LogP contribution in [0.25, 0.3) is 0 Å². The van der Waals surface area contributed by atoms with E-state index in [9.17, 15) is 9.90 Å². The van der Waals surface area contributed by atoms with Crippen LogP contribution in [0.5, 0.6) is 5.88 Å². The molecular weight excluding hydrogens is 404 g/mol. The summed E-state index contributed by atoms with van der Waals surface area (Å²) in [7, 11) is 0. The molecule has 1 aliphatic carbocycles. The summed E-state index contributed by atoms with van der Waals surface area (Å²) in [6, 6.07) is 8.51. The van der Waals surface area contributed by atoms with Crippen LogP contribution in [0.15, 0.2) is 29.3 Å². The molecule has 2 aromatic rings. The van der Waals surface area contributed by atoms with Gasteiger partial charge in [-0.25, -0.2) is 9.98 Å². The smallest absolute Gasteiger partial charge is 0.306 e. The van der Waals surface area contributed by atoms with Gasteiger partial charge in [-0.15, -0.1) is 0 Å². The highest BCUT2D eigenvalue weighted by molar-refractivity contribution is 6.09. The number of carbonyl (C=O) groups is 1. The number of aliphatic imine (C=N–C) groups is 1. The molecule has 0 amide bonds. The molecular formula is C25H32N4O3. The zero-order chi connectivity index (χ0) is 23.0. The van der Waals surface area contributed by atoms with E-state index in [1.807, 2.05) is 20.8 Å². The molecule has 0 saturated heterocycles. The van der Waals surface area contributed by atoms with Gasteiger partial charge in [0.05, 0.1) is 11.6 Å². The Morgan fingerprint density at radius 1 is 1.19 bits per heavy atom. The lowest BCUT2D eigenvalue weighted by atomic mass is 9.73. The number of nitrogens with zero attached hydrogens (tertiary/aromatic N) is 3. The summed E-state index contributed by atoms with van der Waals surface area (Å²) in [4.78, 5) is 24.9. The molecule has 7 heteroatoms. The van der Waals surface area contributed by atoms with Crippen molar-refractivity contribution in [1.29, 1.82) is 0 Å². The Morgan fingerprint density at radius 3 is 2.44 bits per heavy atom. The van der Waals surface area contributed by atoms with Gasteiger partial charge in [0.15, 0.2) is 11.5 Å². The summed E-state index contributed by atoms with van der Waals surface area (Å²) in [6.45, 7) is 7.71. The van der Waals surface area contributed by atoms with Gasteiger partial charge in [-0.1, -0.05) is 31.2 Å². The maximum absolute atomic E-state index is 11.5. The van der Waals surface area contributed by atoms with Crippen LogP contribution in [0.4, 0.5) is 11.5 Å². The first kappa shape index (κ1) is 22.2. The van der Waals surface area contributed by atoms with Gasteiger partial charge in [0.1, 0.15) is 11.4 Å². The minimum absolute atomic E-state index is 0.215. The van der Waals surface area contributed by atoms with Gasteiger partial charge < -0.3 is 15.6 Å². The molecule has 2 aliphatic rings. The third-order valence-corrected chi connectivity index (χ3v) is 6.89. The molecule has 1 aliphatic heterocycles. The van der Waals surface area contributed by atoms with Gasteiger partial charge in [0.2, 0.25) is 5.88 Å². The number of aryl methyl sites for hydroxylation is 1. The second kappa shape index (κ2) is 8.52. The zero-order valence-corrected chi connectivity index (χ0v) is 19.3. The van der Waals surface area contributed by atoms with Crippen LogP contribution in [0.3, 0.4) is 0 Å². The highest BCUT2D eigenvalue weighted by Crippen LogP contribution is 2.41. The maximum atomic E-state index is 11.5. The number of aromatic nitrogens is 2. The van der Waals surface area contributed by atoms with E-state index < -0.39 is 11.6 Å². The quantitative estimate of drug-likeness (QED) is 0.679. The first-order valence-electron chi connectivity index (χ1n) is 11.4. The molecule has 2 heterocycles. The van der Waals surface area contributed by atoms with Crippen LogP contribution in [0.1, 0.15) is 75.7 Å². The van der Waals surface area contributed by atoms with Crippen molar-refractivity contribution in [2.24, 2.45) is 16.8 Å². The van der Waals surface area contributed by atoms with Crippen molar-refractivity contribution in [3.8, 4) is 5.88 Å². The lowest BCUT2D eigenvalue weighted by Crippen LogP contribution is -2.41. The van der Waals surface area contributed by atoms with E-state index in [1.54, 1.807) is 6.92 Å². The van der Waals surface area contributed by atoms with Crippen molar-refractivity contribution in [2.45, 2.75) is 71.3 Å². The minimum atomic E-state index is -0.652. The molecule has 3 N–H and O–H groups in total. The van der Waals surface area contributed by atoms with Crippen molar-refractivity contribution in [3.63, 3.8) is 0 Å². The molecule has 1 aromatic heterocycles. The van der Waals surface area contributed by atoms with E-state index in [1.165, 1.54) is 5.56 Å². The first-order valence-corrected chi connectivity index (χ1v) is 11.4. The monoisotopic (exact) mass is 436 g/mol. The van der Waals surface area contributed by atoms with E-state index in [2.05, 4.69) is 34.2 Å². The molecule has 1 unspecified atom stereocenters. The topological polar surface area (TPSA) is 111 Å². The van der Waals surface area contributed by atoms with Gasteiger partial charge in [-0.2, -0.15) is 4.98 Å². The molecule has 170 valence electrons. The minimum Gasteiger partial charge on any atom is -0.481 e. The fourth-order valence-corrected chi connectivity index (χ4v) is 5.16. The summed E-state index contributed by atoms with van der Waals surface area (Å²) in [5.74, 6) is 1.19. The third kappa shape index (κ3) is 4.20. The Bertz CT molecular complexity index is 1040. The Labute approximate surface area is 189 Å². The number of ether oxygens (including phenoxy) is 1.